The van der Waals surface area contributed by atoms with E-state index >= 15 is 0 Å². The zero-order valence-corrected chi connectivity index (χ0v) is 10.1. The Bertz CT molecular complexity index is 652. The molecule has 3 nitrogen and oxygen atoms in total. The second-order valence-electron chi connectivity index (χ2n) is 4.03. The second-order valence-corrected chi connectivity index (χ2v) is 4.44. The van der Waals surface area contributed by atoms with Crippen LogP contribution >= 0.6 is 11.6 Å². The summed E-state index contributed by atoms with van der Waals surface area (Å²) in [6.07, 6.45) is 0. The first-order valence-corrected chi connectivity index (χ1v) is 5.93. The minimum Gasteiger partial charge on any atom is -0.265 e. The van der Waals surface area contributed by atoms with Crippen molar-refractivity contribution >= 4 is 17.5 Å². The van der Waals surface area contributed by atoms with Crippen molar-refractivity contribution in [3.05, 3.63) is 70.2 Å². The molecule has 0 aromatic heterocycles. The summed E-state index contributed by atoms with van der Waals surface area (Å²) in [4.78, 5) is 11.7. The molecule has 0 fully saturated rings. The highest BCUT2D eigenvalue weighted by Crippen LogP contribution is 2.35. The van der Waals surface area contributed by atoms with Crippen molar-refractivity contribution in [1.82, 2.24) is 0 Å². The van der Waals surface area contributed by atoms with Crippen LogP contribution in [0.5, 0.6) is 0 Å². The maximum absolute atomic E-state index is 11.7. The molecule has 1 atom stereocenters. The third kappa shape index (κ3) is 1.73. The van der Waals surface area contributed by atoms with Gasteiger partial charge >= 0.3 is 0 Å². The van der Waals surface area contributed by atoms with Crippen LogP contribution in [0.1, 0.15) is 27.5 Å². The van der Waals surface area contributed by atoms with Gasteiger partial charge in [-0.3, -0.25) is 4.79 Å². The third-order valence-corrected chi connectivity index (χ3v) is 3.29. The van der Waals surface area contributed by atoms with Gasteiger partial charge in [-0.15, -0.1) is 5.11 Å². The smallest absolute Gasteiger partial charge is 0.265 e. The second kappa shape index (κ2) is 4.35. The average molecular weight is 257 g/mol. The van der Waals surface area contributed by atoms with Crippen LogP contribution in [0.25, 0.3) is 0 Å². The van der Waals surface area contributed by atoms with Crippen LogP contribution in [0.15, 0.2) is 58.8 Å². The first kappa shape index (κ1) is 11.1. The maximum Gasteiger partial charge on any atom is 0.295 e. The number of rotatable bonds is 1. The molecular formula is C14H9ClN2O. The van der Waals surface area contributed by atoms with E-state index in [2.05, 4.69) is 10.2 Å². The molecular weight excluding hydrogens is 248 g/mol. The predicted molar refractivity (Wildman–Crippen MR) is 68.9 cm³/mol. The van der Waals surface area contributed by atoms with Gasteiger partial charge in [0.1, 0.15) is 6.04 Å². The molecule has 2 aromatic rings. The van der Waals surface area contributed by atoms with Crippen molar-refractivity contribution in [2.75, 3.05) is 0 Å². The Morgan fingerprint density at radius 1 is 0.944 bits per heavy atom. The normalized spacial score (nSPS) is 17.6. The Morgan fingerprint density at radius 2 is 1.61 bits per heavy atom. The number of halogens is 1. The molecule has 18 heavy (non-hydrogen) atoms. The third-order valence-electron chi connectivity index (χ3n) is 2.95. The van der Waals surface area contributed by atoms with Crippen molar-refractivity contribution in [2.24, 2.45) is 10.2 Å². The van der Waals surface area contributed by atoms with Gasteiger partial charge in [-0.25, -0.2) is 0 Å². The van der Waals surface area contributed by atoms with E-state index in [4.69, 9.17) is 11.6 Å². The molecule has 1 amide bonds. The van der Waals surface area contributed by atoms with Crippen LogP contribution in [-0.2, 0) is 0 Å². The SMILES string of the molecule is O=C1N=NC(c2ccccc2Cl)c2ccccc21. The van der Waals surface area contributed by atoms with E-state index in [0.717, 1.165) is 11.1 Å². The molecule has 1 unspecified atom stereocenters. The predicted octanol–water partition coefficient (Wildman–Crippen LogP) is 4.04. The van der Waals surface area contributed by atoms with Crippen molar-refractivity contribution in [1.29, 1.82) is 0 Å². The number of hydrogen-bond acceptors (Lipinski definition) is 2. The van der Waals surface area contributed by atoms with Gasteiger partial charge in [0.05, 0.1) is 0 Å². The van der Waals surface area contributed by atoms with E-state index in [-0.39, 0.29) is 11.9 Å². The van der Waals surface area contributed by atoms with Crippen LogP contribution in [0.2, 0.25) is 5.02 Å². The lowest BCUT2D eigenvalue weighted by Gasteiger charge is -2.19. The number of azo groups is 1. The maximum atomic E-state index is 11.7. The van der Waals surface area contributed by atoms with Crippen molar-refractivity contribution in [2.45, 2.75) is 6.04 Å². The highest BCUT2D eigenvalue weighted by molar-refractivity contribution is 6.31. The first-order valence-electron chi connectivity index (χ1n) is 5.56. The number of hydrogen-bond donors (Lipinski definition) is 0. The number of carbonyl (C=O) groups is 1. The monoisotopic (exact) mass is 256 g/mol. The van der Waals surface area contributed by atoms with E-state index in [9.17, 15) is 4.79 Å². The lowest BCUT2D eigenvalue weighted by atomic mass is 9.94. The highest BCUT2D eigenvalue weighted by atomic mass is 35.5. The summed E-state index contributed by atoms with van der Waals surface area (Å²) in [6, 6.07) is 14.5. The van der Waals surface area contributed by atoms with Gasteiger partial charge in [-0.1, -0.05) is 48.0 Å². The van der Waals surface area contributed by atoms with Crippen molar-refractivity contribution < 1.29 is 4.79 Å². The molecule has 1 aliphatic rings. The van der Waals surface area contributed by atoms with Gasteiger partial charge in [-0.05, 0) is 17.7 Å². The molecule has 1 heterocycles. The van der Waals surface area contributed by atoms with Gasteiger partial charge in [0.25, 0.3) is 5.91 Å². The van der Waals surface area contributed by atoms with E-state index < -0.39 is 0 Å². The lowest BCUT2D eigenvalue weighted by Crippen LogP contribution is -2.11. The molecule has 0 radical (unpaired) electrons. The van der Waals surface area contributed by atoms with Gasteiger partial charge in [0, 0.05) is 16.1 Å². The standard InChI is InChI=1S/C14H9ClN2O/c15-12-8-4-3-7-11(12)13-9-5-1-2-6-10(9)14(18)17-16-13/h1-8,13H. The Kier molecular flexibility index (Phi) is 2.68. The molecule has 3 rings (SSSR count). The van der Waals surface area contributed by atoms with E-state index in [1.54, 1.807) is 6.07 Å². The molecule has 0 aliphatic carbocycles. The lowest BCUT2D eigenvalue weighted by molar-refractivity contribution is 0.0986. The Morgan fingerprint density at radius 3 is 2.39 bits per heavy atom. The largest absolute Gasteiger partial charge is 0.295 e. The molecule has 2 aromatic carbocycles. The van der Waals surface area contributed by atoms with E-state index in [1.165, 1.54) is 0 Å². The Labute approximate surface area is 109 Å². The quantitative estimate of drug-likeness (QED) is 0.759. The zero-order valence-electron chi connectivity index (χ0n) is 9.38. The molecule has 88 valence electrons. The fraction of sp³-hybridized carbons (Fsp3) is 0.0714. The minimum atomic E-state index is -0.299. The molecule has 0 bridgehead atoms. The van der Waals surface area contributed by atoms with Crippen LogP contribution < -0.4 is 0 Å². The van der Waals surface area contributed by atoms with Gasteiger partial charge < -0.3 is 0 Å². The summed E-state index contributed by atoms with van der Waals surface area (Å²) in [5, 5.41) is 8.40. The Hall–Kier alpha value is -2.00. The van der Waals surface area contributed by atoms with Crippen LogP contribution in [-0.4, -0.2) is 5.91 Å². The zero-order chi connectivity index (χ0) is 12.5. The van der Waals surface area contributed by atoms with Gasteiger partial charge in [-0.2, -0.15) is 5.11 Å². The fourth-order valence-corrected chi connectivity index (χ4v) is 2.32. The summed E-state index contributed by atoms with van der Waals surface area (Å²) in [5.41, 5.74) is 2.31. The molecule has 0 saturated heterocycles. The summed E-state index contributed by atoms with van der Waals surface area (Å²) < 4.78 is 0. The number of benzene rings is 2. The summed E-state index contributed by atoms with van der Waals surface area (Å²) >= 11 is 6.17. The summed E-state index contributed by atoms with van der Waals surface area (Å²) in [6.45, 7) is 0. The highest BCUT2D eigenvalue weighted by Gasteiger charge is 2.25. The number of fused-ring (bicyclic) bond motifs is 1. The molecule has 1 aliphatic heterocycles. The van der Waals surface area contributed by atoms with E-state index in [1.807, 2.05) is 42.5 Å². The molecule has 0 N–H and O–H groups in total. The molecule has 0 saturated carbocycles. The number of nitrogens with zero attached hydrogens (tertiary/aromatic N) is 2. The summed E-state index contributed by atoms with van der Waals surface area (Å²) in [7, 11) is 0. The average Bonchev–Trinajstić information content (AvgIpc) is 2.41. The van der Waals surface area contributed by atoms with Gasteiger partial charge in [0.2, 0.25) is 0 Å². The fourth-order valence-electron chi connectivity index (χ4n) is 2.08. The van der Waals surface area contributed by atoms with Crippen LogP contribution in [0.3, 0.4) is 0 Å². The van der Waals surface area contributed by atoms with Crippen molar-refractivity contribution in [3.63, 3.8) is 0 Å². The number of carbonyl (C=O) groups excluding carboxylic acids is 1. The van der Waals surface area contributed by atoms with Crippen molar-refractivity contribution in [3.8, 4) is 0 Å². The van der Waals surface area contributed by atoms with Gasteiger partial charge in [0.15, 0.2) is 0 Å². The van der Waals surface area contributed by atoms with Crippen LogP contribution in [0.4, 0.5) is 0 Å². The molecule has 4 heteroatoms. The topological polar surface area (TPSA) is 41.8 Å². The van der Waals surface area contributed by atoms with Crippen LogP contribution in [0, 0.1) is 0 Å². The summed E-state index contributed by atoms with van der Waals surface area (Å²) in [5.74, 6) is -0.297. The Balaban J connectivity index is 2.18. The first-order chi connectivity index (χ1) is 8.77. The number of amides is 1. The minimum absolute atomic E-state index is 0.297. The van der Waals surface area contributed by atoms with E-state index in [0.29, 0.717) is 10.6 Å². The molecule has 0 spiro atoms.